The first-order valence-corrected chi connectivity index (χ1v) is 6.51. The van der Waals surface area contributed by atoms with Crippen LogP contribution in [-0.2, 0) is 11.3 Å². The first-order chi connectivity index (χ1) is 6.74. The van der Waals surface area contributed by atoms with Gasteiger partial charge in [-0.3, -0.25) is 0 Å². The highest BCUT2D eigenvalue weighted by atomic mass is 79.9. The lowest BCUT2D eigenvalue weighted by atomic mass is 10.3. The van der Waals surface area contributed by atoms with Gasteiger partial charge in [-0.05, 0) is 41.3 Å². The van der Waals surface area contributed by atoms with Crippen molar-refractivity contribution in [3.63, 3.8) is 0 Å². The summed E-state index contributed by atoms with van der Waals surface area (Å²) in [5, 5.41) is 2.08. The minimum absolute atomic E-state index is 0.357. The van der Waals surface area contributed by atoms with Crippen molar-refractivity contribution >= 4 is 27.3 Å². The molecule has 78 valence electrons. The van der Waals surface area contributed by atoms with Crippen LogP contribution in [0.1, 0.15) is 24.1 Å². The van der Waals surface area contributed by atoms with Crippen LogP contribution in [0.4, 0.5) is 0 Å². The zero-order valence-electron chi connectivity index (χ0n) is 7.91. The molecule has 1 aromatic rings. The van der Waals surface area contributed by atoms with Gasteiger partial charge in [-0.25, -0.2) is 0 Å². The van der Waals surface area contributed by atoms with Gasteiger partial charge in [0.15, 0.2) is 0 Å². The molecule has 1 fully saturated rings. The van der Waals surface area contributed by atoms with Gasteiger partial charge >= 0.3 is 0 Å². The van der Waals surface area contributed by atoms with E-state index in [9.17, 15) is 0 Å². The number of thiophene rings is 1. The third-order valence-corrected chi connectivity index (χ3v) is 4.18. The van der Waals surface area contributed by atoms with Gasteiger partial charge < -0.3 is 10.5 Å². The van der Waals surface area contributed by atoms with Crippen LogP contribution >= 0.6 is 27.3 Å². The molecule has 0 aliphatic heterocycles. The Bertz CT molecular complexity index is 302. The quantitative estimate of drug-likeness (QED) is 0.921. The number of nitrogens with two attached hydrogens (primary N) is 1. The molecule has 4 heteroatoms. The van der Waals surface area contributed by atoms with E-state index in [2.05, 4.69) is 27.4 Å². The molecular formula is C10H14BrNOS. The van der Waals surface area contributed by atoms with Crippen molar-refractivity contribution in [1.29, 1.82) is 0 Å². The molecule has 2 N–H and O–H groups in total. The van der Waals surface area contributed by atoms with E-state index in [4.69, 9.17) is 10.5 Å². The summed E-state index contributed by atoms with van der Waals surface area (Å²) >= 11 is 5.16. The molecule has 2 nitrogen and oxygen atoms in total. The lowest BCUT2D eigenvalue weighted by Crippen LogP contribution is -2.17. The Morgan fingerprint density at radius 3 is 3.00 bits per heavy atom. The number of rotatable bonds is 3. The molecule has 0 saturated heterocycles. The molecule has 1 aromatic heterocycles. The summed E-state index contributed by atoms with van der Waals surface area (Å²) in [4.78, 5) is 1.28. The highest BCUT2D eigenvalue weighted by Crippen LogP contribution is 2.24. The first kappa shape index (κ1) is 10.6. The van der Waals surface area contributed by atoms with Gasteiger partial charge in [0, 0.05) is 20.8 Å². The van der Waals surface area contributed by atoms with E-state index in [1.807, 2.05) is 0 Å². The fraction of sp³-hybridized carbons (Fsp3) is 0.600. The molecule has 2 rings (SSSR count). The van der Waals surface area contributed by atoms with Crippen molar-refractivity contribution in [2.24, 2.45) is 5.73 Å². The molecule has 1 heterocycles. The maximum Gasteiger partial charge on any atom is 0.0813 e. The zero-order valence-corrected chi connectivity index (χ0v) is 10.3. The van der Waals surface area contributed by atoms with E-state index in [0.29, 0.717) is 12.1 Å². The van der Waals surface area contributed by atoms with Crippen molar-refractivity contribution in [2.45, 2.75) is 38.0 Å². The van der Waals surface area contributed by atoms with Gasteiger partial charge in [-0.15, -0.1) is 11.3 Å². The monoisotopic (exact) mass is 275 g/mol. The smallest absolute Gasteiger partial charge is 0.0813 e. The lowest BCUT2D eigenvalue weighted by Gasteiger charge is -2.09. The highest BCUT2D eigenvalue weighted by molar-refractivity contribution is 9.10. The second-order valence-corrected chi connectivity index (χ2v) is 5.65. The molecule has 14 heavy (non-hydrogen) atoms. The topological polar surface area (TPSA) is 35.2 Å². The van der Waals surface area contributed by atoms with Crippen LogP contribution in [0.3, 0.4) is 0 Å². The highest BCUT2D eigenvalue weighted by Gasteiger charge is 2.22. The van der Waals surface area contributed by atoms with Crippen molar-refractivity contribution in [3.05, 3.63) is 20.8 Å². The van der Waals surface area contributed by atoms with E-state index in [1.165, 1.54) is 4.88 Å². The number of ether oxygens (including phenoxy) is 1. The molecule has 0 bridgehead atoms. The second kappa shape index (κ2) is 4.75. The van der Waals surface area contributed by atoms with E-state index in [1.54, 1.807) is 11.3 Å². The Hall–Kier alpha value is 0.1000. The van der Waals surface area contributed by atoms with E-state index >= 15 is 0 Å². The molecule has 1 aliphatic rings. The second-order valence-electron chi connectivity index (χ2n) is 3.74. The predicted octanol–water partition coefficient (Wildman–Crippen LogP) is 2.91. The van der Waals surface area contributed by atoms with Crippen molar-refractivity contribution in [2.75, 3.05) is 0 Å². The number of hydrogen-bond acceptors (Lipinski definition) is 3. The minimum atomic E-state index is 0.357. The molecule has 1 saturated carbocycles. The summed E-state index contributed by atoms with van der Waals surface area (Å²) in [5.74, 6) is 0. The van der Waals surface area contributed by atoms with Crippen molar-refractivity contribution in [3.8, 4) is 0 Å². The van der Waals surface area contributed by atoms with E-state index < -0.39 is 0 Å². The normalized spacial score (nSPS) is 27.0. The Morgan fingerprint density at radius 1 is 1.57 bits per heavy atom. The number of hydrogen-bond donors (Lipinski definition) is 1. The predicted molar refractivity (Wildman–Crippen MR) is 62.4 cm³/mol. The first-order valence-electron chi connectivity index (χ1n) is 4.84. The van der Waals surface area contributed by atoms with Crippen LogP contribution < -0.4 is 5.73 Å². The van der Waals surface area contributed by atoms with Gasteiger partial charge in [0.2, 0.25) is 0 Å². The molecule has 0 spiro atoms. The average molecular weight is 276 g/mol. The Kier molecular flexibility index (Phi) is 3.60. The van der Waals surface area contributed by atoms with Crippen LogP contribution in [-0.4, -0.2) is 12.1 Å². The summed E-state index contributed by atoms with van der Waals surface area (Å²) in [6.45, 7) is 0.730. The Morgan fingerprint density at radius 2 is 2.43 bits per heavy atom. The van der Waals surface area contributed by atoms with Gasteiger partial charge in [0.05, 0.1) is 12.7 Å². The SMILES string of the molecule is NC1CCC(OCc2cc(Br)cs2)C1. The van der Waals surface area contributed by atoms with Crippen LogP contribution in [0.2, 0.25) is 0 Å². The molecule has 2 unspecified atom stereocenters. The zero-order chi connectivity index (χ0) is 9.97. The van der Waals surface area contributed by atoms with Gasteiger partial charge in [-0.2, -0.15) is 0 Å². The van der Waals surface area contributed by atoms with Crippen LogP contribution in [0, 0.1) is 0 Å². The summed E-state index contributed by atoms with van der Waals surface area (Å²) in [6, 6.07) is 2.47. The third kappa shape index (κ3) is 2.79. The summed E-state index contributed by atoms with van der Waals surface area (Å²) in [5.41, 5.74) is 5.81. The van der Waals surface area contributed by atoms with Crippen LogP contribution in [0.25, 0.3) is 0 Å². The molecule has 0 amide bonds. The fourth-order valence-electron chi connectivity index (χ4n) is 1.75. The minimum Gasteiger partial charge on any atom is -0.373 e. The van der Waals surface area contributed by atoms with E-state index in [0.717, 1.165) is 30.3 Å². The van der Waals surface area contributed by atoms with Crippen molar-refractivity contribution in [1.82, 2.24) is 0 Å². The molecule has 2 atom stereocenters. The van der Waals surface area contributed by atoms with Gasteiger partial charge in [-0.1, -0.05) is 0 Å². The molecule has 1 aliphatic carbocycles. The summed E-state index contributed by atoms with van der Waals surface area (Å²) < 4.78 is 6.93. The lowest BCUT2D eigenvalue weighted by molar-refractivity contribution is 0.0464. The maximum absolute atomic E-state index is 5.81. The summed E-state index contributed by atoms with van der Waals surface area (Å²) in [6.07, 6.45) is 3.63. The standard InChI is InChI=1S/C10H14BrNOS/c11-7-3-10(14-6-7)5-13-9-2-1-8(12)4-9/h3,6,8-9H,1-2,4-5,12H2. The summed E-state index contributed by atoms with van der Waals surface area (Å²) in [7, 11) is 0. The van der Waals surface area contributed by atoms with Gasteiger partial charge in [0.1, 0.15) is 0 Å². The maximum atomic E-state index is 5.81. The van der Waals surface area contributed by atoms with Gasteiger partial charge in [0.25, 0.3) is 0 Å². The Labute approximate surface area is 96.6 Å². The Balaban J connectivity index is 1.77. The molecule has 0 aromatic carbocycles. The third-order valence-electron chi connectivity index (χ3n) is 2.51. The average Bonchev–Trinajstić information content (AvgIpc) is 2.72. The van der Waals surface area contributed by atoms with Crippen LogP contribution in [0.15, 0.2) is 15.9 Å². The fourth-order valence-corrected chi connectivity index (χ4v) is 3.13. The van der Waals surface area contributed by atoms with E-state index in [-0.39, 0.29) is 0 Å². The van der Waals surface area contributed by atoms with Crippen molar-refractivity contribution < 1.29 is 4.74 Å². The number of halogens is 1. The molecular weight excluding hydrogens is 262 g/mol. The van der Waals surface area contributed by atoms with Crippen LogP contribution in [0.5, 0.6) is 0 Å². The largest absolute Gasteiger partial charge is 0.373 e. The molecule has 0 radical (unpaired) electrons.